The zero-order valence-corrected chi connectivity index (χ0v) is 15.4. The number of thiocarbonyl (C=S) groups is 1. The Morgan fingerprint density at radius 3 is 2.70 bits per heavy atom. The molecule has 1 saturated heterocycles. The van der Waals surface area contributed by atoms with Gasteiger partial charge in [-0.3, -0.25) is 9.58 Å². The zero-order valence-electron chi connectivity index (χ0n) is 14.5. The predicted octanol–water partition coefficient (Wildman–Crippen LogP) is 1.24. The summed E-state index contributed by atoms with van der Waals surface area (Å²) in [6.45, 7) is 11.8. The second-order valence-corrected chi connectivity index (χ2v) is 6.32. The van der Waals surface area contributed by atoms with Gasteiger partial charge in [0.15, 0.2) is 5.11 Å². The molecule has 0 spiro atoms. The highest BCUT2D eigenvalue weighted by Crippen LogP contribution is 2.12. The smallest absolute Gasteiger partial charge is 0.169 e. The Morgan fingerprint density at radius 2 is 2.09 bits per heavy atom. The minimum absolute atomic E-state index is 0.772. The van der Waals surface area contributed by atoms with Crippen molar-refractivity contribution in [2.45, 2.75) is 33.4 Å². The summed E-state index contributed by atoms with van der Waals surface area (Å²) in [5.41, 5.74) is 2.48. The van der Waals surface area contributed by atoms with Gasteiger partial charge in [-0.1, -0.05) is 0 Å². The lowest BCUT2D eigenvalue weighted by molar-refractivity contribution is 0.173. The molecular formula is C16H29N5OS. The number of hydrogen-bond acceptors (Lipinski definition) is 4. The van der Waals surface area contributed by atoms with E-state index in [4.69, 9.17) is 17.0 Å². The van der Waals surface area contributed by atoms with Crippen molar-refractivity contribution in [1.29, 1.82) is 0 Å². The molecule has 1 fully saturated rings. The molecule has 130 valence electrons. The first-order chi connectivity index (χ1) is 11.1. The van der Waals surface area contributed by atoms with Crippen LogP contribution in [0.2, 0.25) is 0 Å². The van der Waals surface area contributed by atoms with Crippen molar-refractivity contribution < 1.29 is 4.74 Å². The minimum atomic E-state index is 0.772. The van der Waals surface area contributed by atoms with Gasteiger partial charge >= 0.3 is 0 Å². The van der Waals surface area contributed by atoms with Gasteiger partial charge in [-0.05, 0) is 32.5 Å². The van der Waals surface area contributed by atoms with Gasteiger partial charge in [0.1, 0.15) is 0 Å². The third-order valence-corrected chi connectivity index (χ3v) is 4.63. The Labute approximate surface area is 144 Å². The molecule has 0 saturated carbocycles. The first-order valence-electron chi connectivity index (χ1n) is 8.41. The van der Waals surface area contributed by atoms with Gasteiger partial charge in [0.25, 0.3) is 0 Å². The summed E-state index contributed by atoms with van der Waals surface area (Å²) in [5.74, 6) is 0. The maximum atomic E-state index is 5.47. The van der Waals surface area contributed by atoms with Crippen LogP contribution in [-0.4, -0.2) is 71.1 Å². The molecule has 0 radical (unpaired) electrons. The molecule has 1 aromatic heterocycles. The van der Waals surface area contributed by atoms with Crippen LogP contribution in [0.5, 0.6) is 0 Å². The van der Waals surface area contributed by atoms with Crippen LogP contribution in [0, 0.1) is 6.92 Å². The lowest BCUT2D eigenvalue weighted by atomic mass is 10.2. The van der Waals surface area contributed by atoms with Gasteiger partial charge in [0, 0.05) is 71.3 Å². The third-order valence-electron chi connectivity index (χ3n) is 4.23. The van der Waals surface area contributed by atoms with E-state index in [0.717, 1.165) is 69.6 Å². The van der Waals surface area contributed by atoms with Crippen LogP contribution in [0.1, 0.15) is 24.6 Å². The Balaban J connectivity index is 1.73. The predicted molar refractivity (Wildman–Crippen MR) is 96.6 cm³/mol. The Hall–Kier alpha value is -1.18. The van der Waals surface area contributed by atoms with E-state index in [1.165, 1.54) is 5.56 Å². The largest absolute Gasteiger partial charge is 0.385 e. The highest BCUT2D eigenvalue weighted by atomic mass is 32.1. The van der Waals surface area contributed by atoms with Gasteiger partial charge in [0.05, 0.1) is 5.69 Å². The molecule has 2 rings (SSSR count). The molecule has 0 aliphatic carbocycles. The van der Waals surface area contributed by atoms with Crippen molar-refractivity contribution in [3.8, 4) is 0 Å². The minimum Gasteiger partial charge on any atom is -0.385 e. The van der Waals surface area contributed by atoms with E-state index in [1.807, 2.05) is 4.68 Å². The standard InChI is InChI=1S/C16H29N5OS/c1-4-21-13-15(14(2)18-21)12-19-7-9-20(10-8-19)16(23)17-6-5-11-22-3/h13H,4-12H2,1-3H3,(H,17,23). The van der Waals surface area contributed by atoms with Crippen LogP contribution in [0.4, 0.5) is 0 Å². The second kappa shape index (κ2) is 9.20. The van der Waals surface area contributed by atoms with Gasteiger partial charge in [-0.2, -0.15) is 5.10 Å². The molecule has 0 aromatic carbocycles. The summed E-state index contributed by atoms with van der Waals surface area (Å²) in [5, 5.41) is 8.71. The first kappa shape index (κ1) is 18.2. The number of aromatic nitrogens is 2. The number of ether oxygens (including phenoxy) is 1. The van der Waals surface area contributed by atoms with Crippen LogP contribution in [0.25, 0.3) is 0 Å². The van der Waals surface area contributed by atoms with E-state index in [1.54, 1.807) is 7.11 Å². The SMILES string of the molecule is CCn1cc(CN2CCN(C(=S)NCCCOC)CC2)c(C)n1. The monoisotopic (exact) mass is 339 g/mol. The van der Waals surface area contributed by atoms with E-state index < -0.39 is 0 Å². The normalized spacial score (nSPS) is 15.9. The molecule has 23 heavy (non-hydrogen) atoms. The van der Waals surface area contributed by atoms with Gasteiger partial charge in [0.2, 0.25) is 0 Å². The fraction of sp³-hybridized carbons (Fsp3) is 0.750. The average molecular weight is 340 g/mol. The zero-order chi connectivity index (χ0) is 16.7. The van der Waals surface area contributed by atoms with Crippen LogP contribution >= 0.6 is 12.2 Å². The molecular weight excluding hydrogens is 310 g/mol. The Kier molecular flexibility index (Phi) is 7.26. The van der Waals surface area contributed by atoms with Crippen LogP contribution in [0.3, 0.4) is 0 Å². The van der Waals surface area contributed by atoms with Gasteiger partial charge in [-0.25, -0.2) is 0 Å². The highest BCUT2D eigenvalue weighted by Gasteiger charge is 2.19. The van der Waals surface area contributed by atoms with Crippen molar-refractivity contribution >= 4 is 17.3 Å². The van der Waals surface area contributed by atoms with E-state index in [9.17, 15) is 0 Å². The third kappa shape index (κ3) is 5.44. The summed E-state index contributed by atoms with van der Waals surface area (Å²) in [4.78, 5) is 4.75. The number of methoxy groups -OCH3 is 1. The molecule has 1 aliphatic rings. The van der Waals surface area contributed by atoms with Crippen molar-refractivity contribution in [2.24, 2.45) is 0 Å². The topological polar surface area (TPSA) is 45.6 Å². The van der Waals surface area contributed by atoms with Crippen LogP contribution < -0.4 is 5.32 Å². The van der Waals surface area contributed by atoms with Gasteiger partial charge in [-0.15, -0.1) is 0 Å². The molecule has 6 nitrogen and oxygen atoms in total. The van der Waals surface area contributed by atoms with Crippen molar-refractivity contribution in [1.82, 2.24) is 24.9 Å². The molecule has 1 aromatic rings. The molecule has 0 bridgehead atoms. The number of piperazine rings is 1. The number of rotatable bonds is 7. The quantitative estimate of drug-likeness (QED) is 0.596. The maximum absolute atomic E-state index is 5.47. The van der Waals surface area contributed by atoms with Crippen molar-refractivity contribution in [3.63, 3.8) is 0 Å². The molecule has 0 atom stereocenters. The van der Waals surface area contributed by atoms with Crippen molar-refractivity contribution in [3.05, 3.63) is 17.5 Å². The number of aryl methyl sites for hydroxylation is 2. The molecule has 1 aliphatic heterocycles. The van der Waals surface area contributed by atoms with E-state index in [0.29, 0.717) is 0 Å². The second-order valence-electron chi connectivity index (χ2n) is 5.94. The molecule has 7 heteroatoms. The molecule has 2 heterocycles. The Bertz CT molecular complexity index is 497. The highest BCUT2D eigenvalue weighted by molar-refractivity contribution is 7.80. The fourth-order valence-corrected chi connectivity index (χ4v) is 3.03. The summed E-state index contributed by atoms with van der Waals surface area (Å²) < 4.78 is 7.06. The first-order valence-corrected chi connectivity index (χ1v) is 8.81. The van der Waals surface area contributed by atoms with Crippen molar-refractivity contribution in [2.75, 3.05) is 46.4 Å². The summed E-state index contributed by atoms with van der Waals surface area (Å²) in [6.07, 6.45) is 3.15. The van der Waals surface area contributed by atoms with Crippen LogP contribution in [-0.2, 0) is 17.8 Å². The average Bonchev–Trinajstić information content (AvgIpc) is 2.92. The van der Waals surface area contributed by atoms with Gasteiger partial charge < -0.3 is 15.0 Å². The fourth-order valence-electron chi connectivity index (χ4n) is 2.75. The summed E-state index contributed by atoms with van der Waals surface area (Å²) in [6, 6.07) is 0. The Morgan fingerprint density at radius 1 is 1.35 bits per heavy atom. The molecule has 0 unspecified atom stereocenters. The maximum Gasteiger partial charge on any atom is 0.169 e. The lowest BCUT2D eigenvalue weighted by Crippen LogP contribution is -2.51. The summed E-state index contributed by atoms with van der Waals surface area (Å²) in [7, 11) is 1.73. The summed E-state index contributed by atoms with van der Waals surface area (Å²) >= 11 is 5.47. The van der Waals surface area contributed by atoms with E-state index >= 15 is 0 Å². The number of hydrogen-bond donors (Lipinski definition) is 1. The lowest BCUT2D eigenvalue weighted by Gasteiger charge is -2.36. The number of nitrogens with one attached hydrogen (secondary N) is 1. The molecule has 1 N–H and O–H groups in total. The van der Waals surface area contributed by atoms with E-state index in [-0.39, 0.29) is 0 Å². The number of nitrogens with zero attached hydrogens (tertiary/aromatic N) is 4. The van der Waals surface area contributed by atoms with Crippen LogP contribution in [0.15, 0.2) is 6.20 Å². The molecule has 0 amide bonds. The van der Waals surface area contributed by atoms with E-state index in [2.05, 4.69) is 40.3 Å².